The van der Waals surface area contributed by atoms with E-state index in [0.717, 1.165) is 41.6 Å². The van der Waals surface area contributed by atoms with Crippen molar-refractivity contribution in [2.45, 2.75) is 31.6 Å². The van der Waals surface area contributed by atoms with E-state index in [9.17, 15) is 0 Å². The first-order chi connectivity index (χ1) is 15.3. The summed E-state index contributed by atoms with van der Waals surface area (Å²) in [5.41, 5.74) is 1.07. The molecule has 2 heterocycles. The third-order valence-corrected chi connectivity index (χ3v) is 4.98. The molecule has 1 aliphatic carbocycles. The Morgan fingerprint density at radius 3 is 2.35 bits per heavy atom. The lowest BCUT2D eigenvalue weighted by Crippen LogP contribution is -2.08. The third-order valence-electron chi connectivity index (χ3n) is 4.98. The highest BCUT2D eigenvalue weighted by Gasteiger charge is 2.28. The molecule has 2 aromatic carbocycles. The van der Waals surface area contributed by atoms with Crippen molar-refractivity contribution >= 4 is 0 Å². The van der Waals surface area contributed by atoms with E-state index in [1.54, 1.807) is 6.20 Å². The quantitative estimate of drug-likeness (QED) is 0.349. The molecule has 4 aromatic rings. The molecular weight excluding hydrogens is 394 g/mol. The van der Waals surface area contributed by atoms with E-state index in [0.29, 0.717) is 43.7 Å². The van der Waals surface area contributed by atoms with Gasteiger partial charge in [0.05, 0.1) is 19.0 Å². The molecule has 7 heteroatoms. The molecule has 0 aliphatic heterocycles. The summed E-state index contributed by atoms with van der Waals surface area (Å²) in [5.74, 6) is 4.90. The Kier molecular flexibility index (Phi) is 5.64. The van der Waals surface area contributed by atoms with Crippen LogP contribution in [0.5, 0.6) is 11.5 Å². The summed E-state index contributed by atoms with van der Waals surface area (Å²) in [6.07, 6.45) is 5.14. The van der Waals surface area contributed by atoms with E-state index < -0.39 is 0 Å². The van der Waals surface area contributed by atoms with Gasteiger partial charge in [-0.05, 0) is 42.7 Å². The molecule has 1 aliphatic rings. The monoisotopic (exact) mass is 417 g/mol. The lowest BCUT2D eigenvalue weighted by molar-refractivity contribution is 0.217. The number of aromatic nitrogens is 3. The third kappa shape index (κ3) is 5.31. The molecule has 158 valence electrons. The van der Waals surface area contributed by atoms with Gasteiger partial charge in [-0.25, -0.2) is 4.98 Å². The van der Waals surface area contributed by atoms with Crippen molar-refractivity contribution < 1.29 is 18.4 Å². The predicted octanol–water partition coefficient (Wildman–Crippen LogP) is 4.57. The molecule has 1 fully saturated rings. The largest absolute Gasteiger partial charge is 0.490 e. The van der Waals surface area contributed by atoms with Gasteiger partial charge < -0.3 is 18.4 Å². The number of nitrogens with zero attached hydrogens (tertiary/aromatic N) is 3. The van der Waals surface area contributed by atoms with E-state index in [4.69, 9.17) is 18.4 Å². The second-order valence-electron chi connectivity index (χ2n) is 7.55. The van der Waals surface area contributed by atoms with Gasteiger partial charge in [0.25, 0.3) is 0 Å². The first-order valence-electron chi connectivity index (χ1n) is 10.5. The summed E-state index contributed by atoms with van der Waals surface area (Å²) >= 11 is 0. The average molecular weight is 417 g/mol. The normalized spacial score (nSPS) is 13.3. The Hall–Kier alpha value is -3.61. The number of hydrogen-bond donors (Lipinski definition) is 0. The summed E-state index contributed by atoms with van der Waals surface area (Å²) in [6, 6.07) is 17.6. The Morgan fingerprint density at radius 1 is 0.871 bits per heavy atom. The zero-order valence-electron chi connectivity index (χ0n) is 17.1. The van der Waals surface area contributed by atoms with Crippen molar-refractivity contribution in [1.82, 2.24) is 15.1 Å². The number of rotatable bonds is 10. The van der Waals surface area contributed by atoms with Crippen LogP contribution >= 0.6 is 0 Å². The van der Waals surface area contributed by atoms with Crippen LogP contribution in [0.25, 0.3) is 0 Å². The maximum Gasteiger partial charge on any atom is 0.231 e. The van der Waals surface area contributed by atoms with Crippen LogP contribution in [0.4, 0.5) is 0 Å². The van der Waals surface area contributed by atoms with Crippen LogP contribution in [-0.4, -0.2) is 28.3 Å². The average Bonchev–Trinajstić information content (AvgIpc) is 3.40. The molecule has 0 atom stereocenters. The van der Waals surface area contributed by atoms with Gasteiger partial charge in [0.1, 0.15) is 30.5 Å². The van der Waals surface area contributed by atoms with Crippen molar-refractivity contribution in [1.29, 1.82) is 0 Å². The predicted molar refractivity (Wildman–Crippen MR) is 112 cm³/mol. The van der Waals surface area contributed by atoms with Crippen molar-refractivity contribution in [2.24, 2.45) is 0 Å². The summed E-state index contributed by atoms with van der Waals surface area (Å²) in [7, 11) is 0. The molecule has 0 saturated heterocycles. The molecule has 2 aromatic heterocycles. The Morgan fingerprint density at radius 2 is 1.61 bits per heavy atom. The number of para-hydroxylation sites is 1. The van der Waals surface area contributed by atoms with Gasteiger partial charge in [-0.3, -0.25) is 0 Å². The molecule has 1 saturated carbocycles. The van der Waals surface area contributed by atoms with Crippen LogP contribution in [-0.2, 0) is 12.8 Å². The minimum atomic E-state index is 0.478. The molecule has 0 bridgehead atoms. The lowest BCUT2D eigenvalue weighted by atomic mass is 10.1. The molecular formula is C24H23N3O4. The van der Waals surface area contributed by atoms with Crippen LogP contribution in [0, 0.1) is 0 Å². The fourth-order valence-electron chi connectivity index (χ4n) is 3.23. The Labute approximate surface area is 180 Å². The van der Waals surface area contributed by atoms with E-state index in [1.807, 2.05) is 54.6 Å². The molecule has 0 radical (unpaired) electrons. The maximum absolute atomic E-state index is 5.76. The maximum atomic E-state index is 5.76. The molecule has 0 spiro atoms. The minimum Gasteiger partial charge on any atom is -0.490 e. The van der Waals surface area contributed by atoms with Crippen molar-refractivity contribution in [3.05, 3.63) is 89.7 Å². The van der Waals surface area contributed by atoms with E-state index in [1.165, 1.54) is 0 Å². The topological polar surface area (TPSA) is 83.4 Å². The van der Waals surface area contributed by atoms with E-state index in [-0.39, 0.29) is 0 Å². The highest BCUT2D eigenvalue weighted by atomic mass is 16.5. The van der Waals surface area contributed by atoms with Gasteiger partial charge in [0.2, 0.25) is 5.89 Å². The lowest BCUT2D eigenvalue weighted by Gasteiger charge is -2.08. The molecule has 7 nitrogen and oxygen atoms in total. The summed E-state index contributed by atoms with van der Waals surface area (Å²) < 4.78 is 22.5. The number of hydrogen-bond acceptors (Lipinski definition) is 7. The van der Waals surface area contributed by atoms with Gasteiger partial charge in [-0.2, -0.15) is 4.98 Å². The van der Waals surface area contributed by atoms with E-state index in [2.05, 4.69) is 15.1 Å². The van der Waals surface area contributed by atoms with Crippen LogP contribution in [0.15, 0.2) is 69.7 Å². The molecule has 31 heavy (non-hydrogen) atoms. The molecule has 0 amide bonds. The summed E-state index contributed by atoms with van der Waals surface area (Å²) in [5, 5.41) is 4.06. The first kappa shape index (κ1) is 19.4. The van der Waals surface area contributed by atoms with Crippen LogP contribution in [0.1, 0.15) is 47.7 Å². The summed E-state index contributed by atoms with van der Waals surface area (Å²) in [6.45, 7) is 0.967. The molecule has 0 N–H and O–H groups in total. The van der Waals surface area contributed by atoms with Gasteiger partial charge in [-0.1, -0.05) is 35.5 Å². The van der Waals surface area contributed by atoms with Crippen molar-refractivity contribution in [3.8, 4) is 11.5 Å². The highest BCUT2D eigenvalue weighted by molar-refractivity contribution is 5.28. The highest BCUT2D eigenvalue weighted by Crippen LogP contribution is 2.39. The zero-order valence-corrected chi connectivity index (χ0v) is 17.1. The van der Waals surface area contributed by atoms with Crippen molar-refractivity contribution in [2.75, 3.05) is 13.2 Å². The number of ether oxygens (including phenoxy) is 2. The van der Waals surface area contributed by atoms with Crippen LogP contribution in [0.3, 0.4) is 0 Å². The van der Waals surface area contributed by atoms with Gasteiger partial charge >= 0.3 is 0 Å². The minimum absolute atomic E-state index is 0.478. The number of benzene rings is 2. The van der Waals surface area contributed by atoms with Crippen molar-refractivity contribution in [3.63, 3.8) is 0 Å². The standard InChI is InChI=1S/C24H23N3O4/c1-2-4-19(5-3-1)28-12-13-29-20-10-6-17(7-11-20)14-23-26-22(27-31-23)15-21-16-25-24(30-21)18-8-9-18/h1-7,10-11,16,18H,8-9,12-15H2. The SMILES string of the molecule is c1ccc(OCCOc2ccc(Cc3nc(Cc4cnc(C5CC5)o4)no3)cc2)cc1. The molecule has 0 unspecified atom stereocenters. The zero-order chi connectivity index (χ0) is 20.9. The fourth-order valence-corrected chi connectivity index (χ4v) is 3.23. The second-order valence-corrected chi connectivity index (χ2v) is 7.55. The van der Waals surface area contributed by atoms with Gasteiger partial charge in [0, 0.05) is 5.92 Å². The first-order valence-corrected chi connectivity index (χ1v) is 10.5. The van der Waals surface area contributed by atoms with Crippen LogP contribution in [0.2, 0.25) is 0 Å². The van der Waals surface area contributed by atoms with Crippen LogP contribution < -0.4 is 9.47 Å². The summed E-state index contributed by atoms with van der Waals surface area (Å²) in [4.78, 5) is 8.80. The molecule has 5 rings (SSSR count). The fraction of sp³-hybridized carbons (Fsp3) is 0.292. The second kappa shape index (κ2) is 9.04. The van der Waals surface area contributed by atoms with Gasteiger partial charge in [0.15, 0.2) is 11.7 Å². The Bertz CT molecular complexity index is 1100. The Balaban J connectivity index is 1.08. The number of oxazole rings is 1. The van der Waals surface area contributed by atoms with Gasteiger partial charge in [-0.15, -0.1) is 0 Å². The van der Waals surface area contributed by atoms with E-state index >= 15 is 0 Å². The smallest absolute Gasteiger partial charge is 0.231 e.